The lowest BCUT2D eigenvalue weighted by molar-refractivity contribution is 0.181. The molecule has 150 valence electrons. The summed E-state index contributed by atoms with van der Waals surface area (Å²) in [5.74, 6) is 1.33. The van der Waals surface area contributed by atoms with E-state index in [-0.39, 0.29) is 11.5 Å². The molecule has 2 fully saturated rings. The van der Waals surface area contributed by atoms with E-state index in [1.54, 1.807) is 0 Å². The molecule has 8 heteroatoms. The molecule has 2 aliphatic heterocycles. The Morgan fingerprint density at radius 3 is 2.93 bits per heavy atom. The molecular weight excluding hydrogens is 364 g/mol. The molecule has 5 heterocycles. The van der Waals surface area contributed by atoms with Crippen LogP contribution in [0.2, 0.25) is 0 Å². The van der Waals surface area contributed by atoms with E-state index >= 15 is 0 Å². The summed E-state index contributed by atoms with van der Waals surface area (Å²) in [5, 5.41) is 14.5. The molecule has 2 atom stereocenters. The SMILES string of the molecule is NC1CC(c2cnc3c(-c4ccnc5c4CCN5)[nH]nc3n2)CC12CCNCC2. The quantitative estimate of drug-likeness (QED) is 0.528. The molecule has 0 amide bonds. The Kier molecular flexibility index (Phi) is 3.86. The summed E-state index contributed by atoms with van der Waals surface area (Å²) in [6.45, 7) is 3.05. The van der Waals surface area contributed by atoms with E-state index in [9.17, 15) is 0 Å². The van der Waals surface area contributed by atoms with Gasteiger partial charge in [-0.05, 0) is 56.7 Å². The fourth-order valence-corrected chi connectivity index (χ4v) is 5.64. The molecule has 5 N–H and O–H groups in total. The summed E-state index contributed by atoms with van der Waals surface area (Å²) >= 11 is 0. The maximum absolute atomic E-state index is 6.61. The second kappa shape index (κ2) is 6.47. The lowest BCUT2D eigenvalue weighted by atomic mass is 9.74. The van der Waals surface area contributed by atoms with E-state index in [4.69, 9.17) is 15.7 Å². The van der Waals surface area contributed by atoms with Crippen molar-refractivity contribution in [2.45, 2.75) is 44.1 Å². The molecule has 3 aromatic rings. The molecule has 1 aliphatic carbocycles. The Balaban J connectivity index is 1.34. The van der Waals surface area contributed by atoms with Gasteiger partial charge in [-0.25, -0.2) is 15.0 Å². The highest BCUT2D eigenvalue weighted by Gasteiger charge is 2.46. The lowest BCUT2D eigenvalue weighted by Gasteiger charge is -2.37. The largest absolute Gasteiger partial charge is 0.369 e. The van der Waals surface area contributed by atoms with E-state index in [1.807, 2.05) is 18.5 Å². The number of nitrogens with zero attached hydrogens (tertiary/aromatic N) is 4. The van der Waals surface area contributed by atoms with Crippen LogP contribution in [0.15, 0.2) is 18.5 Å². The third-order valence-electron chi connectivity index (χ3n) is 7.27. The van der Waals surface area contributed by atoms with Crippen molar-refractivity contribution in [3.05, 3.63) is 29.7 Å². The Morgan fingerprint density at radius 1 is 1.14 bits per heavy atom. The van der Waals surface area contributed by atoms with Crippen LogP contribution >= 0.6 is 0 Å². The van der Waals surface area contributed by atoms with E-state index < -0.39 is 0 Å². The minimum absolute atomic E-state index is 0.244. The van der Waals surface area contributed by atoms with Crippen LogP contribution in [-0.4, -0.2) is 50.8 Å². The number of H-pyrrole nitrogens is 1. The minimum Gasteiger partial charge on any atom is -0.369 e. The van der Waals surface area contributed by atoms with Crippen LogP contribution in [0.3, 0.4) is 0 Å². The molecule has 1 saturated heterocycles. The third kappa shape index (κ3) is 2.66. The summed E-state index contributed by atoms with van der Waals surface area (Å²) in [6.07, 6.45) is 9.15. The highest BCUT2D eigenvalue weighted by atomic mass is 15.2. The van der Waals surface area contributed by atoms with Gasteiger partial charge in [-0.2, -0.15) is 5.10 Å². The Bertz CT molecular complexity index is 1070. The number of rotatable bonds is 2. The molecule has 2 unspecified atom stereocenters. The highest BCUT2D eigenvalue weighted by Crippen LogP contribution is 2.50. The Hall–Kier alpha value is -2.58. The van der Waals surface area contributed by atoms with Gasteiger partial charge in [0.1, 0.15) is 11.3 Å². The summed E-state index contributed by atoms with van der Waals surface area (Å²) in [5.41, 5.74) is 12.7. The van der Waals surface area contributed by atoms with Crippen LogP contribution in [0.5, 0.6) is 0 Å². The first-order valence-electron chi connectivity index (χ1n) is 10.6. The molecule has 6 rings (SSSR count). The third-order valence-corrected chi connectivity index (χ3v) is 7.27. The number of aromatic amines is 1. The first-order chi connectivity index (χ1) is 14.2. The molecule has 3 aromatic heterocycles. The van der Waals surface area contributed by atoms with Gasteiger partial charge in [-0.1, -0.05) is 0 Å². The van der Waals surface area contributed by atoms with Crippen molar-refractivity contribution in [1.29, 1.82) is 0 Å². The second-order valence-electron chi connectivity index (χ2n) is 8.78. The van der Waals surface area contributed by atoms with E-state index in [0.717, 1.165) is 80.0 Å². The van der Waals surface area contributed by atoms with Crippen LogP contribution < -0.4 is 16.4 Å². The van der Waals surface area contributed by atoms with Gasteiger partial charge in [-0.15, -0.1) is 0 Å². The topological polar surface area (TPSA) is 117 Å². The van der Waals surface area contributed by atoms with Crippen LogP contribution in [0.1, 0.15) is 42.9 Å². The monoisotopic (exact) mass is 390 g/mol. The average Bonchev–Trinajstić information content (AvgIpc) is 3.46. The fourth-order valence-electron chi connectivity index (χ4n) is 5.64. The average molecular weight is 390 g/mol. The van der Waals surface area contributed by atoms with Crippen LogP contribution in [0.25, 0.3) is 22.4 Å². The van der Waals surface area contributed by atoms with Gasteiger partial charge in [-0.3, -0.25) is 5.10 Å². The normalized spacial score (nSPS) is 25.4. The van der Waals surface area contributed by atoms with Crippen LogP contribution in [-0.2, 0) is 6.42 Å². The van der Waals surface area contributed by atoms with Gasteiger partial charge in [0.2, 0.25) is 5.65 Å². The maximum atomic E-state index is 6.61. The van der Waals surface area contributed by atoms with Crippen molar-refractivity contribution in [3.63, 3.8) is 0 Å². The van der Waals surface area contributed by atoms with Crippen molar-refractivity contribution in [2.75, 3.05) is 25.0 Å². The summed E-state index contributed by atoms with van der Waals surface area (Å²) in [7, 11) is 0. The number of hydrogen-bond acceptors (Lipinski definition) is 7. The van der Waals surface area contributed by atoms with Crippen LogP contribution in [0.4, 0.5) is 5.82 Å². The fraction of sp³-hybridized carbons (Fsp3) is 0.524. The molecule has 0 radical (unpaired) electrons. The molecule has 0 aromatic carbocycles. The molecule has 3 aliphatic rings. The minimum atomic E-state index is 0.244. The van der Waals surface area contributed by atoms with Gasteiger partial charge in [0.25, 0.3) is 0 Å². The van der Waals surface area contributed by atoms with Crippen molar-refractivity contribution in [1.82, 2.24) is 30.5 Å². The number of aromatic nitrogens is 5. The Morgan fingerprint density at radius 2 is 2.03 bits per heavy atom. The zero-order chi connectivity index (χ0) is 19.4. The number of nitrogens with one attached hydrogen (secondary N) is 3. The highest BCUT2D eigenvalue weighted by molar-refractivity contribution is 5.89. The molecular formula is C21H26N8. The van der Waals surface area contributed by atoms with Gasteiger partial charge < -0.3 is 16.4 Å². The van der Waals surface area contributed by atoms with Gasteiger partial charge in [0, 0.05) is 42.0 Å². The van der Waals surface area contributed by atoms with Crippen LogP contribution in [0, 0.1) is 5.41 Å². The number of nitrogens with two attached hydrogens (primary N) is 1. The summed E-state index contributed by atoms with van der Waals surface area (Å²) in [6, 6.07) is 2.28. The predicted molar refractivity (Wildman–Crippen MR) is 112 cm³/mol. The predicted octanol–water partition coefficient (Wildman–Crippen LogP) is 1.96. The number of fused-ring (bicyclic) bond motifs is 2. The maximum Gasteiger partial charge on any atom is 0.200 e. The van der Waals surface area contributed by atoms with E-state index in [0.29, 0.717) is 11.6 Å². The number of anilines is 1. The first kappa shape index (κ1) is 17.3. The van der Waals surface area contributed by atoms with Crippen molar-refractivity contribution < 1.29 is 0 Å². The second-order valence-corrected chi connectivity index (χ2v) is 8.78. The molecule has 0 bridgehead atoms. The van der Waals surface area contributed by atoms with E-state index in [1.165, 1.54) is 5.56 Å². The zero-order valence-corrected chi connectivity index (χ0v) is 16.4. The zero-order valence-electron chi connectivity index (χ0n) is 16.4. The van der Waals surface area contributed by atoms with Crippen molar-refractivity contribution in [3.8, 4) is 11.3 Å². The van der Waals surface area contributed by atoms with Crippen molar-refractivity contribution in [2.24, 2.45) is 11.1 Å². The van der Waals surface area contributed by atoms with Gasteiger partial charge >= 0.3 is 0 Å². The molecule has 1 spiro atoms. The molecule has 8 nitrogen and oxygen atoms in total. The number of hydrogen-bond donors (Lipinski definition) is 4. The smallest absolute Gasteiger partial charge is 0.200 e. The number of piperidine rings is 1. The van der Waals surface area contributed by atoms with Crippen molar-refractivity contribution >= 4 is 17.0 Å². The summed E-state index contributed by atoms with van der Waals surface area (Å²) < 4.78 is 0. The van der Waals surface area contributed by atoms with E-state index in [2.05, 4.69) is 25.8 Å². The summed E-state index contributed by atoms with van der Waals surface area (Å²) in [4.78, 5) is 14.1. The van der Waals surface area contributed by atoms with Gasteiger partial charge in [0.15, 0.2) is 0 Å². The van der Waals surface area contributed by atoms with Gasteiger partial charge in [0.05, 0.1) is 11.4 Å². The molecule has 29 heavy (non-hydrogen) atoms. The lowest BCUT2D eigenvalue weighted by Crippen LogP contribution is -2.45. The molecule has 1 saturated carbocycles. The Labute approximate surface area is 169 Å². The first-order valence-corrected chi connectivity index (χ1v) is 10.6. The standard InChI is InChI=1S/C21H26N8/c22-16-9-12(10-21(16)3-7-23-8-4-21)15-11-26-18-17(28-29-20(18)27-15)13-1-5-24-19-14(13)2-6-25-19/h1,5,11-12,16,23H,2-4,6-10,22H2,(H,24,25)(H,27,28,29). The number of pyridine rings is 1.